The molecule has 25 heavy (non-hydrogen) atoms. The van der Waals surface area contributed by atoms with Crippen molar-refractivity contribution in [2.75, 3.05) is 0 Å². The molecule has 2 aromatic heterocycles. The number of aromatic nitrogens is 4. The Balaban J connectivity index is 2.02. The summed E-state index contributed by atoms with van der Waals surface area (Å²) in [5.74, 6) is -0.587. The number of rotatable bonds is 4. The Labute approximate surface area is 140 Å². The Kier molecular flexibility index (Phi) is 4.02. The van der Waals surface area contributed by atoms with Crippen LogP contribution in [0.1, 0.15) is 12.6 Å². The molecule has 0 saturated heterocycles. The fourth-order valence-electron chi connectivity index (χ4n) is 2.46. The molecule has 0 amide bonds. The number of H-pyrrole nitrogens is 1. The van der Waals surface area contributed by atoms with Crippen LogP contribution in [0.4, 0.5) is 17.6 Å². The van der Waals surface area contributed by atoms with Gasteiger partial charge in [0.15, 0.2) is 5.82 Å². The molecule has 0 fully saturated rings. The van der Waals surface area contributed by atoms with Gasteiger partial charge in [-0.1, -0.05) is 6.58 Å². The van der Waals surface area contributed by atoms with Gasteiger partial charge in [-0.05, 0) is 24.6 Å². The Morgan fingerprint density at radius 3 is 2.64 bits per heavy atom. The Hall–Kier alpha value is -2.84. The number of nitrogens with zero attached hydrogens (tertiary/aromatic N) is 3. The van der Waals surface area contributed by atoms with Gasteiger partial charge in [0, 0.05) is 24.2 Å². The van der Waals surface area contributed by atoms with Crippen molar-refractivity contribution >= 4 is 16.6 Å². The first-order valence-corrected chi connectivity index (χ1v) is 7.36. The molecular weight excluding hydrogens is 338 g/mol. The summed E-state index contributed by atoms with van der Waals surface area (Å²) in [4.78, 5) is 0. The van der Waals surface area contributed by atoms with E-state index in [9.17, 15) is 17.6 Å². The van der Waals surface area contributed by atoms with E-state index in [0.717, 1.165) is 6.92 Å². The third kappa shape index (κ3) is 3.21. The molecule has 1 aromatic carbocycles. The van der Waals surface area contributed by atoms with E-state index in [-0.39, 0.29) is 16.9 Å². The van der Waals surface area contributed by atoms with Crippen LogP contribution in [0.15, 0.2) is 31.1 Å². The molecule has 5 nitrogen and oxygen atoms in total. The van der Waals surface area contributed by atoms with Crippen LogP contribution < -0.4 is 5.32 Å². The number of halogens is 4. The summed E-state index contributed by atoms with van der Waals surface area (Å²) in [7, 11) is 1.73. The van der Waals surface area contributed by atoms with Crippen LogP contribution in [0.2, 0.25) is 0 Å². The molecule has 0 aliphatic carbocycles. The minimum absolute atomic E-state index is 0.0185. The van der Waals surface area contributed by atoms with E-state index >= 15 is 0 Å². The van der Waals surface area contributed by atoms with Gasteiger partial charge in [0.05, 0.1) is 17.6 Å². The molecule has 1 atom stereocenters. The average molecular weight is 353 g/mol. The van der Waals surface area contributed by atoms with Gasteiger partial charge in [-0.25, -0.2) is 4.39 Å². The number of nitrogens with one attached hydrogen (secondary N) is 2. The Bertz CT molecular complexity index is 938. The van der Waals surface area contributed by atoms with Gasteiger partial charge in [-0.3, -0.25) is 9.78 Å². The van der Waals surface area contributed by atoms with Crippen molar-refractivity contribution in [3.8, 4) is 11.1 Å². The summed E-state index contributed by atoms with van der Waals surface area (Å²) in [6, 6.07) is 1.14. The number of fused-ring (bicyclic) bond motifs is 1. The fourth-order valence-corrected chi connectivity index (χ4v) is 2.46. The maximum Gasteiger partial charge on any atom is 0.408 e. The second-order valence-corrected chi connectivity index (χ2v) is 5.74. The SMILES string of the molecule is C=C(NC(C)C(F)(F)F)c1[nH]nc2c(F)cc(-c3cnn(C)c3)cc12. The van der Waals surface area contributed by atoms with Gasteiger partial charge < -0.3 is 5.32 Å². The van der Waals surface area contributed by atoms with Crippen LogP contribution in [-0.2, 0) is 7.05 Å². The number of hydrogen-bond acceptors (Lipinski definition) is 3. The molecule has 0 spiro atoms. The Morgan fingerprint density at radius 2 is 2.04 bits per heavy atom. The molecule has 0 aliphatic rings. The Morgan fingerprint density at radius 1 is 1.32 bits per heavy atom. The summed E-state index contributed by atoms with van der Waals surface area (Å²) in [6.07, 6.45) is -1.15. The van der Waals surface area contributed by atoms with E-state index < -0.39 is 18.0 Å². The number of hydrogen-bond donors (Lipinski definition) is 2. The van der Waals surface area contributed by atoms with Crippen LogP contribution in [0, 0.1) is 5.82 Å². The van der Waals surface area contributed by atoms with E-state index in [1.54, 1.807) is 30.2 Å². The molecule has 3 rings (SSSR count). The summed E-state index contributed by atoms with van der Waals surface area (Å²) < 4.78 is 54.1. The highest BCUT2D eigenvalue weighted by Gasteiger charge is 2.36. The first-order valence-electron chi connectivity index (χ1n) is 7.36. The number of benzene rings is 1. The maximum atomic E-state index is 14.3. The molecule has 0 aliphatic heterocycles. The van der Waals surface area contributed by atoms with E-state index in [0.29, 0.717) is 16.5 Å². The van der Waals surface area contributed by atoms with Gasteiger partial charge >= 0.3 is 6.18 Å². The largest absolute Gasteiger partial charge is 0.408 e. The van der Waals surface area contributed by atoms with Gasteiger partial charge in [0.1, 0.15) is 11.6 Å². The van der Waals surface area contributed by atoms with Crippen molar-refractivity contribution in [3.05, 3.63) is 42.6 Å². The van der Waals surface area contributed by atoms with Crippen molar-refractivity contribution in [2.45, 2.75) is 19.1 Å². The predicted octanol–water partition coefficient (Wildman–Crippen LogP) is 3.61. The fraction of sp³-hybridized carbons (Fsp3) is 0.250. The number of aromatic amines is 1. The molecular formula is C16H15F4N5. The monoisotopic (exact) mass is 353 g/mol. The highest BCUT2D eigenvalue weighted by molar-refractivity contribution is 5.93. The lowest BCUT2D eigenvalue weighted by Crippen LogP contribution is -2.38. The van der Waals surface area contributed by atoms with Crippen LogP contribution in [0.25, 0.3) is 27.7 Å². The van der Waals surface area contributed by atoms with Gasteiger partial charge in [-0.15, -0.1) is 0 Å². The highest BCUT2D eigenvalue weighted by atomic mass is 19.4. The van der Waals surface area contributed by atoms with Crippen molar-refractivity contribution in [3.63, 3.8) is 0 Å². The van der Waals surface area contributed by atoms with Crippen molar-refractivity contribution < 1.29 is 17.6 Å². The lowest BCUT2D eigenvalue weighted by Gasteiger charge is -2.19. The van der Waals surface area contributed by atoms with Crippen molar-refractivity contribution in [2.24, 2.45) is 7.05 Å². The topological polar surface area (TPSA) is 58.5 Å². The average Bonchev–Trinajstić information content (AvgIpc) is 3.12. The number of aryl methyl sites for hydroxylation is 1. The summed E-state index contributed by atoms with van der Waals surface area (Å²) in [5.41, 5.74) is 1.44. The summed E-state index contributed by atoms with van der Waals surface area (Å²) in [6.45, 7) is 4.59. The maximum absolute atomic E-state index is 14.3. The standard InChI is InChI=1S/C16H15F4N5/c1-8(22-9(2)16(18,19)20)14-12-4-10(11-6-21-25(3)7-11)5-13(17)15(12)24-23-14/h4-7,9,22H,1H2,2-3H3,(H,23,24). The second-order valence-electron chi connectivity index (χ2n) is 5.74. The quantitative estimate of drug-likeness (QED) is 0.705. The van der Waals surface area contributed by atoms with E-state index in [2.05, 4.69) is 27.2 Å². The van der Waals surface area contributed by atoms with Crippen molar-refractivity contribution in [1.82, 2.24) is 25.3 Å². The van der Waals surface area contributed by atoms with Crippen molar-refractivity contribution in [1.29, 1.82) is 0 Å². The minimum Gasteiger partial charge on any atom is -0.373 e. The smallest absolute Gasteiger partial charge is 0.373 e. The van der Waals surface area contributed by atoms with Gasteiger partial charge in [0.2, 0.25) is 0 Å². The molecule has 0 radical (unpaired) electrons. The van der Waals surface area contributed by atoms with E-state index in [4.69, 9.17) is 0 Å². The van der Waals surface area contributed by atoms with Gasteiger partial charge in [-0.2, -0.15) is 23.4 Å². The van der Waals surface area contributed by atoms with Gasteiger partial charge in [0.25, 0.3) is 0 Å². The third-order valence-corrected chi connectivity index (χ3v) is 3.83. The lowest BCUT2D eigenvalue weighted by atomic mass is 10.0. The molecule has 1 unspecified atom stereocenters. The normalized spacial score (nSPS) is 13.2. The van der Waals surface area contributed by atoms with E-state index in [1.807, 2.05) is 0 Å². The van der Waals surface area contributed by atoms with Crippen LogP contribution >= 0.6 is 0 Å². The van der Waals surface area contributed by atoms with Crippen LogP contribution in [-0.4, -0.2) is 32.2 Å². The molecule has 2 N–H and O–H groups in total. The molecule has 0 bridgehead atoms. The predicted molar refractivity (Wildman–Crippen MR) is 85.9 cm³/mol. The highest BCUT2D eigenvalue weighted by Crippen LogP contribution is 2.30. The number of alkyl halides is 3. The second kappa shape index (κ2) is 5.91. The van der Waals surface area contributed by atoms with Crippen LogP contribution in [0.3, 0.4) is 0 Å². The molecule has 3 aromatic rings. The summed E-state index contributed by atoms with van der Waals surface area (Å²) in [5, 5.41) is 13.0. The molecule has 0 saturated carbocycles. The van der Waals surface area contributed by atoms with Crippen LogP contribution in [0.5, 0.6) is 0 Å². The molecule has 2 heterocycles. The summed E-state index contributed by atoms with van der Waals surface area (Å²) >= 11 is 0. The zero-order chi connectivity index (χ0) is 18.4. The van der Waals surface area contributed by atoms with E-state index in [1.165, 1.54) is 6.07 Å². The minimum atomic E-state index is -4.43. The first-order chi connectivity index (χ1) is 11.7. The lowest BCUT2D eigenvalue weighted by molar-refractivity contribution is -0.148. The zero-order valence-corrected chi connectivity index (χ0v) is 13.4. The third-order valence-electron chi connectivity index (χ3n) is 3.83. The first kappa shape index (κ1) is 17.0. The molecule has 132 valence electrons. The zero-order valence-electron chi connectivity index (χ0n) is 13.4. The molecule has 9 heteroatoms.